The molecule has 4 heteroatoms. The molecule has 6 aliphatic rings. The molecule has 7 rings (SSSR count). The summed E-state index contributed by atoms with van der Waals surface area (Å²) >= 11 is 0. The summed E-state index contributed by atoms with van der Waals surface area (Å²) in [5, 5.41) is 7.02. The highest BCUT2D eigenvalue weighted by molar-refractivity contribution is 5.89. The largest absolute Gasteiger partial charge is 0.353 e. The van der Waals surface area contributed by atoms with Gasteiger partial charge >= 0.3 is 0 Å². The van der Waals surface area contributed by atoms with Crippen LogP contribution < -0.4 is 10.6 Å². The molecule has 2 N–H and O–H groups in total. The van der Waals surface area contributed by atoms with Crippen molar-refractivity contribution in [1.82, 2.24) is 10.6 Å². The van der Waals surface area contributed by atoms with Gasteiger partial charge in [-0.1, -0.05) is 68.9 Å². The third-order valence-corrected chi connectivity index (χ3v) is 10.3. The lowest BCUT2D eigenvalue weighted by Crippen LogP contribution is -2.66. The van der Waals surface area contributed by atoms with Gasteiger partial charge in [-0.3, -0.25) is 9.59 Å². The van der Waals surface area contributed by atoms with Gasteiger partial charge in [-0.15, -0.1) is 0 Å². The smallest absolute Gasteiger partial charge is 0.226 e. The van der Waals surface area contributed by atoms with E-state index in [0.29, 0.717) is 18.0 Å². The van der Waals surface area contributed by atoms with Crippen LogP contribution in [-0.2, 0) is 15.0 Å². The average Bonchev–Trinajstić information content (AvgIpc) is 2.85. The third-order valence-electron chi connectivity index (χ3n) is 10.3. The van der Waals surface area contributed by atoms with Gasteiger partial charge in [0.15, 0.2) is 0 Å². The van der Waals surface area contributed by atoms with Gasteiger partial charge in [0.2, 0.25) is 11.8 Å². The number of carbonyl (C=O) groups is 2. The lowest BCUT2D eigenvalue weighted by atomic mass is 9.38. The van der Waals surface area contributed by atoms with E-state index in [1.54, 1.807) is 0 Å². The van der Waals surface area contributed by atoms with Crippen molar-refractivity contribution in [2.45, 2.75) is 120 Å². The molecule has 2 amide bonds. The molecule has 0 aliphatic heterocycles. The van der Waals surface area contributed by atoms with Crippen LogP contribution >= 0.6 is 0 Å². The zero-order valence-electron chi connectivity index (χ0n) is 20.7. The van der Waals surface area contributed by atoms with Gasteiger partial charge in [0, 0.05) is 12.1 Å². The first-order chi connectivity index (χ1) is 16.5. The third kappa shape index (κ3) is 3.89. The molecule has 34 heavy (non-hydrogen) atoms. The molecule has 0 spiro atoms. The zero-order chi connectivity index (χ0) is 23.2. The Balaban J connectivity index is 1.33. The van der Waals surface area contributed by atoms with Crippen LogP contribution in [0.15, 0.2) is 30.3 Å². The molecule has 1 aromatic carbocycles. The number of carbonyl (C=O) groups excluding carboxylic acids is 2. The van der Waals surface area contributed by atoms with Crippen molar-refractivity contribution in [3.05, 3.63) is 35.9 Å². The van der Waals surface area contributed by atoms with E-state index >= 15 is 0 Å². The molecule has 0 radical (unpaired) electrons. The Morgan fingerprint density at radius 2 is 1.15 bits per heavy atom. The predicted octanol–water partition coefficient (Wildman–Crippen LogP) is 5.79. The number of hydrogen-bond donors (Lipinski definition) is 2. The Morgan fingerprint density at radius 1 is 0.647 bits per heavy atom. The maximum absolute atomic E-state index is 14.1. The minimum absolute atomic E-state index is 0.0471. The summed E-state index contributed by atoms with van der Waals surface area (Å²) in [7, 11) is 0. The van der Waals surface area contributed by atoms with Crippen molar-refractivity contribution in [3.63, 3.8) is 0 Å². The van der Waals surface area contributed by atoms with E-state index in [9.17, 15) is 9.59 Å². The van der Waals surface area contributed by atoms with Crippen LogP contribution in [0.25, 0.3) is 0 Å². The summed E-state index contributed by atoms with van der Waals surface area (Å²) < 4.78 is 0. The summed E-state index contributed by atoms with van der Waals surface area (Å²) in [6.07, 6.45) is 17.6. The molecule has 1 aromatic rings. The standard InChI is InChI=1S/C30H42N2O2/c33-26(31-24-12-6-2-7-13-24)29-17-22-16-28(19-29,23-10-4-1-5-11-23)20-30(18-22,21-29)27(34)32-25-14-8-3-9-15-25/h1,4-5,10-11,22,24-25H,2-3,6-9,12-21H2,(H,31,33)(H,32,34). The van der Waals surface area contributed by atoms with Crippen molar-refractivity contribution in [2.75, 3.05) is 0 Å². The second kappa shape index (κ2) is 8.68. The normalized spacial score (nSPS) is 37.9. The first-order valence-electron chi connectivity index (χ1n) is 14.2. The van der Waals surface area contributed by atoms with Crippen LogP contribution in [0.5, 0.6) is 0 Å². The van der Waals surface area contributed by atoms with Crippen molar-refractivity contribution >= 4 is 11.8 Å². The SMILES string of the molecule is O=C(NC1CCCCC1)C12CC3CC(C(=O)NC4CCCCC4)(C1)CC(c1ccccc1)(C3)C2. The highest BCUT2D eigenvalue weighted by Gasteiger charge is 2.68. The van der Waals surface area contributed by atoms with Gasteiger partial charge in [-0.25, -0.2) is 0 Å². The number of rotatable bonds is 5. The van der Waals surface area contributed by atoms with Crippen LogP contribution in [0.1, 0.15) is 108 Å². The minimum Gasteiger partial charge on any atom is -0.353 e. The molecule has 2 atom stereocenters. The molecule has 4 bridgehead atoms. The van der Waals surface area contributed by atoms with Crippen LogP contribution in [-0.4, -0.2) is 23.9 Å². The summed E-state index contributed by atoms with van der Waals surface area (Å²) in [5.41, 5.74) is 0.519. The molecule has 0 aromatic heterocycles. The fourth-order valence-electron chi connectivity index (χ4n) is 9.23. The summed E-state index contributed by atoms with van der Waals surface area (Å²) in [4.78, 5) is 28.1. The molecular weight excluding hydrogens is 420 g/mol. The maximum atomic E-state index is 14.1. The van der Waals surface area contributed by atoms with E-state index in [-0.39, 0.29) is 17.2 Å². The Bertz CT molecular complexity index is 867. The van der Waals surface area contributed by atoms with E-state index < -0.39 is 10.8 Å². The molecule has 6 fully saturated rings. The van der Waals surface area contributed by atoms with Gasteiger partial charge in [-0.2, -0.15) is 0 Å². The quantitative estimate of drug-likeness (QED) is 0.582. The summed E-state index contributed by atoms with van der Waals surface area (Å²) in [6, 6.07) is 11.5. The first kappa shape index (κ1) is 22.6. The Kier molecular flexibility index (Phi) is 5.77. The lowest BCUT2D eigenvalue weighted by molar-refractivity contribution is -0.173. The van der Waals surface area contributed by atoms with E-state index in [1.807, 2.05) is 0 Å². The van der Waals surface area contributed by atoms with Crippen molar-refractivity contribution in [1.29, 1.82) is 0 Å². The molecule has 4 nitrogen and oxygen atoms in total. The lowest BCUT2D eigenvalue weighted by Gasteiger charge is -2.65. The zero-order valence-corrected chi connectivity index (χ0v) is 20.7. The van der Waals surface area contributed by atoms with Crippen molar-refractivity contribution in [3.8, 4) is 0 Å². The highest BCUT2D eigenvalue weighted by Crippen LogP contribution is 2.70. The van der Waals surface area contributed by atoms with Crippen molar-refractivity contribution < 1.29 is 9.59 Å². The second-order valence-corrected chi connectivity index (χ2v) is 12.8. The van der Waals surface area contributed by atoms with E-state index in [2.05, 4.69) is 41.0 Å². The number of nitrogens with one attached hydrogen (secondary N) is 2. The average molecular weight is 463 g/mol. The number of amides is 2. The van der Waals surface area contributed by atoms with E-state index in [4.69, 9.17) is 0 Å². The van der Waals surface area contributed by atoms with E-state index in [0.717, 1.165) is 64.2 Å². The van der Waals surface area contributed by atoms with Crippen molar-refractivity contribution in [2.24, 2.45) is 16.7 Å². The molecule has 0 heterocycles. The predicted molar refractivity (Wildman–Crippen MR) is 134 cm³/mol. The molecule has 184 valence electrons. The monoisotopic (exact) mass is 462 g/mol. The van der Waals surface area contributed by atoms with Gasteiger partial charge in [0.25, 0.3) is 0 Å². The summed E-state index contributed by atoms with van der Waals surface area (Å²) in [5.74, 6) is 0.989. The van der Waals surface area contributed by atoms with Crippen LogP contribution in [0.2, 0.25) is 0 Å². The maximum Gasteiger partial charge on any atom is 0.226 e. The van der Waals surface area contributed by atoms with Crippen LogP contribution in [0.3, 0.4) is 0 Å². The molecule has 0 saturated heterocycles. The van der Waals surface area contributed by atoms with Gasteiger partial charge in [-0.05, 0) is 81.1 Å². The van der Waals surface area contributed by atoms with E-state index in [1.165, 1.54) is 44.1 Å². The molecule has 6 aliphatic carbocycles. The second-order valence-electron chi connectivity index (χ2n) is 12.8. The van der Waals surface area contributed by atoms with Gasteiger partial charge < -0.3 is 10.6 Å². The topological polar surface area (TPSA) is 58.2 Å². The summed E-state index contributed by atoms with van der Waals surface area (Å²) in [6.45, 7) is 0. The van der Waals surface area contributed by atoms with Gasteiger partial charge in [0.1, 0.15) is 0 Å². The highest BCUT2D eigenvalue weighted by atomic mass is 16.2. The fourth-order valence-corrected chi connectivity index (χ4v) is 9.23. The Morgan fingerprint density at radius 3 is 1.65 bits per heavy atom. The molecule has 6 saturated carbocycles. The number of hydrogen-bond acceptors (Lipinski definition) is 2. The molecule has 2 unspecified atom stereocenters. The fraction of sp³-hybridized carbons (Fsp3) is 0.733. The molecular formula is C30H42N2O2. The Labute approximate surface area is 205 Å². The Hall–Kier alpha value is -1.84. The minimum atomic E-state index is -0.392. The first-order valence-corrected chi connectivity index (χ1v) is 14.2. The van der Waals surface area contributed by atoms with Crippen LogP contribution in [0.4, 0.5) is 0 Å². The van der Waals surface area contributed by atoms with Gasteiger partial charge in [0.05, 0.1) is 10.8 Å². The number of benzene rings is 1. The van der Waals surface area contributed by atoms with Crippen LogP contribution in [0, 0.1) is 16.7 Å².